The molecule has 0 saturated carbocycles. The van der Waals surface area contributed by atoms with Crippen LogP contribution in [0.4, 0.5) is 0 Å². The summed E-state index contributed by atoms with van der Waals surface area (Å²) in [6.45, 7) is 2.14. The van der Waals surface area contributed by atoms with E-state index in [9.17, 15) is 4.79 Å². The molecule has 0 radical (unpaired) electrons. The van der Waals surface area contributed by atoms with Crippen molar-refractivity contribution in [1.82, 2.24) is 0 Å². The normalized spacial score (nSPS) is 14.3. The molecule has 2 heteroatoms. The third kappa shape index (κ3) is 16.7. The van der Waals surface area contributed by atoms with Crippen molar-refractivity contribution in [3.05, 3.63) is 36.5 Å². The minimum absolute atomic E-state index is 0.475. The monoisotopic (exact) mass is 279 g/mol. The van der Waals surface area contributed by atoms with E-state index in [4.69, 9.17) is 6.48 Å². The smallest absolute Gasteiger partial charge is 0.303 e. The van der Waals surface area contributed by atoms with E-state index in [-0.39, 0.29) is 0 Å². The minimum atomic E-state index is -1.00. The fourth-order valence-electron chi connectivity index (χ4n) is 1.81. The summed E-state index contributed by atoms with van der Waals surface area (Å²) in [7, 11) is 0. The van der Waals surface area contributed by atoms with E-state index in [0.717, 1.165) is 51.4 Å². The molecule has 0 fully saturated rings. The van der Waals surface area contributed by atoms with Gasteiger partial charge in [0.15, 0.2) is 0 Å². The number of carboxylic acids is 1. The Balaban J connectivity index is 3.33. The molecule has 0 aliphatic rings. The Morgan fingerprint density at radius 1 is 0.900 bits per heavy atom. The molecule has 0 rings (SSSR count). The maximum atomic E-state index is 10.5. The number of unbranched alkanes of at least 4 members (excludes halogenated alkanes) is 4. The van der Waals surface area contributed by atoms with Crippen LogP contribution in [-0.4, -0.2) is 11.1 Å². The summed E-state index contributed by atoms with van der Waals surface area (Å²) < 4.78 is 7.27. The predicted molar refractivity (Wildman–Crippen MR) is 86.9 cm³/mol. The Morgan fingerprint density at radius 3 is 2.10 bits per heavy atom. The lowest BCUT2D eigenvalue weighted by Gasteiger charge is -1.98. The molecular weight excluding hydrogens is 248 g/mol. The number of aliphatic carboxylic acids is 1. The number of carboxylic acid groups (broad SMARTS) is 1. The maximum Gasteiger partial charge on any atom is 0.303 e. The first-order valence-electron chi connectivity index (χ1n) is 8.36. The van der Waals surface area contributed by atoms with E-state index < -0.39 is 12.4 Å². The Kier molecular flexibility index (Phi) is 13.2. The predicted octanol–water partition coefficient (Wildman–Crippen LogP) is 5.66. The maximum absolute atomic E-state index is 10.5. The second-order valence-corrected chi connectivity index (χ2v) is 4.83. The number of hydrogen-bond donors (Lipinski definition) is 1. The molecule has 0 aromatic carbocycles. The molecule has 0 heterocycles. The van der Waals surface area contributed by atoms with Crippen molar-refractivity contribution in [2.45, 2.75) is 71.1 Å². The van der Waals surface area contributed by atoms with Crippen LogP contribution in [0.2, 0.25) is 0 Å². The van der Waals surface area contributed by atoms with Crippen molar-refractivity contribution in [3.8, 4) is 0 Å². The summed E-state index contributed by atoms with van der Waals surface area (Å²) in [6.07, 6.45) is 21.1. The molecule has 0 aliphatic carbocycles. The van der Waals surface area contributed by atoms with E-state index in [1.54, 1.807) is 0 Å². The average Bonchev–Trinajstić information content (AvgIpc) is 2.47. The molecule has 1 unspecified atom stereocenters. The molecule has 2 nitrogen and oxygen atoms in total. The van der Waals surface area contributed by atoms with Crippen LogP contribution in [0.5, 0.6) is 0 Å². The zero-order valence-electron chi connectivity index (χ0n) is 13.8. The summed E-state index contributed by atoms with van der Waals surface area (Å²) in [5, 5.41) is 8.58. The first kappa shape index (κ1) is 16.7. The summed E-state index contributed by atoms with van der Waals surface area (Å²) in [4.78, 5) is 10.5. The van der Waals surface area contributed by atoms with Gasteiger partial charge in [0.2, 0.25) is 0 Å². The molecule has 0 aromatic heterocycles. The van der Waals surface area contributed by atoms with Crippen molar-refractivity contribution in [1.29, 1.82) is 0 Å². The lowest BCUT2D eigenvalue weighted by atomic mass is 10.1. The van der Waals surface area contributed by atoms with Gasteiger partial charge in [-0.05, 0) is 38.5 Å². The van der Waals surface area contributed by atoms with Crippen LogP contribution < -0.4 is 0 Å². The Morgan fingerprint density at radius 2 is 1.45 bits per heavy atom. The largest absolute Gasteiger partial charge is 0.481 e. The molecule has 1 atom stereocenters. The highest BCUT2D eigenvalue weighted by molar-refractivity contribution is 5.66. The van der Waals surface area contributed by atoms with Gasteiger partial charge in [-0.2, -0.15) is 0 Å². The number of carbonyl (C=O) groups is 1. The number of rotatable bonds is 13. The molecule has 0 bridgehead atoms. The van der Waals surface area contributed by atoms with E-state index in [1.807, 2.05) is 0 Å². The fourth-order valence-corrected chi connectivity index (χ4v) is 1.81. The van der Waals surface area contributed by atoms with E-state index in [2.05, 4.69) is 43.4 Å². The lowest BCUT2D eigenvalue weighted by Crippen LogP contribution is -1.93. The molecule has 0 aromatic rings. The van der Waals surface area contributed by atoms with Crippen LogP contribution in [0.1, 0.15) is 72.5 Å². The van der Waals surface area contributed by atoms with Crippen molar-refractivity contribution < 1.29 is 11.3 Å². The van der Waals surface area contributed by atoms with Crippen LogP contribution >= 0.6 is 0 Å². The lowest BCUT2D eigenvalue weighted by molar-refractivity contribution is -0.137. The van der Waals surface area contributed by atoms with Crippen LogP contribution in [0, 0.1) is 0 Å². The first-order valence-corrected chi connectivity index (χ1v) is 7.78. The molecule has 0 aliphatic heterocycles. The van der Waals surface area contributed by atoms with Gasteiger partial charge in [0.1, 0.15) is 0 Å². The van der Waals surface area contributed by atoms with Crippen LogP contribution in [0.25, 0.3) is 0 Å². The highest BCUT2D eigenvalue weighted by atomic mass is 16.4. The van der Waals surface area contributed by atoms with Crippen LogP contribution in [0.3, 0.4) is 0 Å². The molecule has 114 valence electrons. The van der Waals surface area contributed by atoms with Gasteiger partial charge in [-0.3, -0.25) is 4.79 Å². The van der Waals surface area contributed by atoms with E-state index in [1.165, 1.54) is 0 Å². The van der Waals surface area contributed by atoms with Gasteiger partial charge in [-0.25, -0.2) is 0 Å². The topological polar surface area (TPSA) is 37.3 Å². The Labute approximate surface area is 125 Å². The molecular formula is C18H30O2. The first-order chi connectivity index (χ1) is 10.2. The third-order valence-electron chi connectivity index (χ3n) is 2.92. The SMILES string of the molecule is [2H]C(CCCCCC/C=C\C/C=C\C/C=C\CC)C(=O)O. The zero-order chi connectivity index (χ0) is 15.8. The molecule has 0 saturated heterocycles. The highest BCUT2D eigenvalue weighted by Crippen LogP contribution is 2.07. The Hall–Kier alpha value is -1.31. The summed E-state index contributed by atoms with van der Waals surface area (Å²) in [5.74, 6) is -1.00. The summed E-state index contributed by atoms with van der Waals surface area (Å²) in [5.41, 5.74) is 0. The van der Waals surface area contributed by atoms with Crippen molar-refractivity contribution in [3.63, 3.8) is 0 Å². The molecule has 20 heavy (non-hydrogen) atoms. The van der Waals surface area contributed by atoms with Crippen molar-refractivity contribution in [2.75, 3.05) is 0 Å². The quantitative estimate of drug-likeness (QED) is 0.349. The van der Waals surface area contributed by atoms with Gasteiger partial charge >= 0.3 is 5.97 Å². The van der Waals surface area contributed by atoms with Gasteiger partial charge in [0, 0.05) is 7.77 Å². The fraction of sp³-hybridized carbons (Fsp3) is 0.611. The van der Waals surface area contributed by atoms with E-state index in [0.29, 0.717) is 6.42 Å². The molecule has 1 N–H and O–H groups in total. The second-order valence-electron chi connectivity index (χ2n) is 4.83. The third-order valence-corrected chi connectivity index (χ3v) is 2.92. The second kappa shape index (κ2) is 15.7. The summed E-state index contributed by atoms with van der Waals surface area (Å²) in [6, 6.07) is 0. The van der Waals surface area contributed by atoms with Gasteiger partial charge in [-0.1, -0.05) is 62.6 Å². The van der Waals surface area contributed by atoms with Gasteiger partial charge in [0.25, 0.3) is 0 Å². The van der Waals surface area contributed by atoms with Crippen molar-refractivity contribution in [2.24, 2.45) is 0 Å². The van der Waals surface area contributed by atoms with Crippen LogP contribution in [-0.2, 0) is 4.79 Å². The Bertz CT molecular complexity index is 332. The van der Waals surface area contributed by atoms with Gasteiger partial charge in [-0.15, -0.1) is 0 Å². The highest BCUT2D eigenvalue weighted by Gasteiger charge is 1.95. The van der Waals surface area contributed by atoms with Gasteiger partial charge in [0.05, 0.1) is 0 Å². The summed E-state index contributed by atoms with van der Waals surface area (Å²) >= 11 is 0. The standard InChI is InChI=1S/C18H30O2/c1-2-3-4-5-6-7-8-9-10-11-12-13-14-15-16-17-18(19)20/h3-4,6-7,9-10H,2,5,8,11-17H2,1H3,(H,19,20)/b4-3-,7-6-,10-9-/i17D. The van der Waals surface area contributed by atoms with E-state index >= 15 is 0 Å². The number of hydrogen-bond acceptors (Lipinski definition) is 1. The average molecular weight is 279 g/mol. The molecule has 0 amide bonds. The zero-order valence-corrected chi connectivity index (χ0v) is 12.8. The van der Waals surface area contributed by atoms with Gasteiger partial charge < -0.3 is 5.11 Å². The van der Waals surface area contributed by atoms with Crippen LogP contribution in [0.15, 0.2) is 36.5 Å². The number of allylic oxidation sites excluding steroid dienone is 6. The minimum Gasteiger partial charge on any atom is -0.481 e. The molecule has 0 spiro atoms. The van der Waals surface area contributed by atoms with Crippen molar-refractivity contribution >= 4 is 5.97 Å².